The number of ether oxygens (including phenoxy) is 1. The number of methoxy groups -OCH3 is 1. The number of hydrogen-bond donors (Lipinski definition) is 1. The molecule has 1 aromatic carbocycles. The maximum absolute atomic E-state index is 5.41. The van der Waals surface area contributed by atoms with Crippen molar-refractivity contribution < 1.29 is 4.74 Å². The largest absolute Gasteiger partial charge is 0.495 e. The van der Waals surface area contributed by atoms with Gasteiger partial charge in [0.15, 0.2) is 0 Å². The lowest BCUT2D eigenvalue weighted by atomic mass is 9.90. The van der Waals surface area contributed by atoms with E-state index >= 15 is 0 Å². The monoisotopic (exact) mass is 218 g/mol. The Morgan fingerprint density at radius 1 is 1.44 bits per heavy atom. The molecular weight excluding hydrogens is 200 g/mol. The van der Waals surface area contributed by atoms with Crippen LogP contribution in [-0.4, -0.2) is 38.2 Å². The van der Waals surface area contributed by atoms with Gasteiger partial charge in [-0.3, -0.25) is 0 Å². The average molecular weight is 218 g/mol. The van der Waals surface area contributed by atoms with Crippen molar-refractivity contribution in [2.24, 2.45) is 0 Å². The fourth-order valence-corrected chi connectivity index (χ4v) is 2.97. The first kappa shape index (κ1) is 9.97. The molecule has 3 rings (SSSR count). The molecule has 16 heavy (non-hydrogen) atoms. The molecule has 2 atom stereocenters. The van der Waals surface area contributed by atoms with Crippen molar-refractivity contribution in [2.45, 2.75) is 18.4 Å². The van der Waals surface area contributed by atoms with Gasteiger partial charge in [0.05, 0.1) is 12.8 Å². The number of benzene rings is 1. The summed E-state index contributed by atoms with van der Waals surface area (Å²) in [6, 6.07) is 6.96. The molecule has 0 bridgehead atoms. The molecule has 0 spiro atoms. The fourth-order valence-electron chi connectivity index (χ4n) is 2.97. The van der Waals surface area contributed by atoms with E-state index in [4.69, 9.17) is 4.74 Å². The van der Waals surface area contributed by atoms with Gasteiger partial charge in [-0.05, 0) is 31.6 Å². The van der Waals surface area contributed by atoms with E-state index in [2.05, 4.69) is 29.4 Å². The van der Waals surface area contributed by atoms with E-state index in [0.717, 1.165) is 12.3 Å². The number of nitrogens with zero attached hydrogens (tertiary/aromatic N) is 1. The third kappa shape index (κ3) is 1.39. The molecular formula is C13H18N2O. The number of fused-ring (bicyclic) bond motifs is 3. The van der Waals surface area contributed by atoms with Gasteiger partial charge in [-0.25, -0.2) is 0 Å². The lowest BCUT2D eigenvalue weighted by Gasteiger charge is -2.32. The number of piperidine rings is 1. The summed E-state index contributed by atoms with van der Waals surface area (Å²) in [5.74, 6) is 1.61. The normalized spacial score (nSPS) is 28.1. The lowest BCUT2D eigenvalue weighted by molar-refractivity contribution is 0.243. The second kappa shape index (κ2) is 3.67. The standard InChI is InChI=1S/C13H18N2O/c1-15-7-6-11-10(8-15)9-4-3-5-12(16-2)13(9)14-11/h3-5,10-11,14H,6-8H2,1-2H3. The van der Waals surface area contributed by atoms with Gasteiger partial charge in [-0.1, -0.05) is 12.1 Å². The molecule has 2 unspecified atom stereocenters. The first-order chi connectivity index (χ1) is 7.79. The number of rotatable bonds is 1. The number of nitrogens with one attached hydrogen (secondary N) is 1. The van der Waals surface area contributed by atoms with Crippen molar-refractivity contribution in [3.63, 3.8) is 0 Å². The Hall–Kier alpha value is -1.22. The molecule has 0 amide bonds. The van der Waals surface area contributed by atoms with Gasteiger partial charge in [0.25, 0.3) is 0 Å². The Balaban J connectivity index is 1.99. The van der Waals surface area contributed by atoms with Gasteiger partial charge < -0.3 is 15.0 Å². The summed E-state index contributed by atoms with van der Waals surface area (Å²) in [4.78, 5) is 2.41. The van der Waals surface area contributed by atoms with Crippen LogP contribution < -0.4 is 10.1 Å². The average Bonchev–Trinajstić information content (AvgIpc) is 2.67. The molecule has 1 saturated heterocycles. The van der Waals surface area contributed by atoms with Crippen molar-refractivity contribution in [3.05, 3.63) is 23.8 Å². The Morgan fingerprint density at radius 2 is 2.31 bits per heavy atom. The maximum Gasteiger partial charge on any atom is 0.142 e. The van der Waals surface area contributed by atoms with Crippen molar-refractivity contribution in [1.29, 1.82) is 0 Å². The van der Waals surface area contributed by atoms with Gasteiger partial charge >= 0.3 is 0 Å². The van der Waals surface area contributed by atoms with Gasteiger partial charge in [-0.2, -0.15) is 0 Å². The zero-order chi connectivity index (χ0) is 11.1. The van der Waals surface area contributed by atoms with E-state index in [-0.39, 0.29) is 0 Å². The van der Waals surface area contributed by atoms with E-state index in [1.54, 1.807) is 7.11 Å². The summed E-state index contributed by atoms with van der Waals surface area (Å²) in [5, 5.41) is 3.62. The zero-order valence-corrected chi connectivity index (χ0v) is 9.86. The number of hydrogen-bond acceptors (Lipinski definition) is 3. The first-order valence-electron chi connectivity index (χ1n) is 5.91. The first-order valence-corrected chi connectivity index (χ1v) is 5.91. The minimum Gasteiger partial charge on any atom is -0.495 e. The predicted molar refractivity (Wildman–Crippen MR) is 65.3 cm³/mol. The minimum atomic E-state index is 0.600. The van der Waals surface area contributed by atoms with E-state index in [1.165, 1.54) is 24.2 Å². The van der Waals surface area contributed by atoms with E-state index in [1.807, 2.05) is 6.07 Å². The van der Waals surface area contributed by atoms with Crippen LogP contribution in [0.5, 0.6) is 5.75 Å². The lowest BCUT2D eigenvalue weighted by Crippen LogP contribution is -2.39. The molecule has 86 valence electrons. The van der Waals surface area contributed by atoms with Crippen LogP contribution in [0.1, 0.15) is 17.9 Å². The second-order valence-electron chi connectivity index (χ2n) is 4.83. The molecule has 0 radical (unpaired) electrons. The topological polar surface area (TPSA) is 24.5 Å². The van der Waals surface area contributed by atoms with Crippen molar-refractivity contribution in [1.82, 2.24) is 4.90 Å². The second-order valence-corrected chi connectivity index (χ2v) is 4.83. The van der Waals surface area contributed by atoms with Crippen molar-refractivity contribution in [2.75, 3.05) is 32.6 Å². The molecule has 1 aromatic rings. The molecule has 1 fully saturated rings. The number of likely N-dealkylation sites (tertiary alicyclic amines) is 1. The Kier molecular flexibility index (Phi) is 2.28. The molecule has 0 aliphatic carbocycles. The molecule has 2 aliphatic rings. The highest BCUT2D eigenvalue weighted by Crippen LogP contribution is 2.44. The van der Waals surface area contributed by atoms with Crippen LogP contribution >= 0.6 is 0 Å². The number of likely N-dealkylation sites (N-methyl/N-ethyl adjacent to an activating group) is 1. The van der Waals surface area contributed by atoms with Crippen LogP contribution in [0, 0.1) is 0 Å². The summed E-state index contributed by atoms with van der Waals surface area (Å²) in [7, 11) is 3.94. The molecule has 2 heterocycles. The third-order valence-corrected chi connectivity index (χ3v) is 3.82. The highest BCUT2D eigenvalue weighted by atomic mass is 16.5. The van der Waals surface area contributed by atoms with Gasteiger partial charge in [-0.15, -0.1) is 0 Å². The Bertz CT molecular complexity index is 405. The van der Waals surface area contributed by atoms with Crippen molar-refractivity contribution in [3.8, 4) is 5.75 Å². The summed E-state index contributed by atoms with van der Waals surface area (Å²) >= 11 is 0. The predicted octanol–water partition coefficient (Wildman–Crippen LogP) is 1.91. The summed E-state index contributed by atoms with van der Waals surface area (Å²) in [5.41, 5.74) is 2.64. The zero-order valence-electron chi connectivity index (χ0n) is 9.86. The van der Waals surface area contributed by atoms with Crippen LogP contribution in [0.2, 0.25) is 0 Å². The smallest absolute Gasteiger partial charge is 0.142 e. The highest BCUT2D eigenvalue weighted by Gasteiger charge is 2.36. The molecule has 2 aliphatic heterocycles. The summed E-state index contributed by atoms with van der Waals surface area (Å²) in [6.07, 6.45) is 1.22. The summed E-state index contributed by atoms with van der Waals surface area (Å²) in [6.45, 7) is 2.34. The van der Waals surface area contributed by atoms with E-state index < -0.39 is 0 Å². The van der Waals surface area contributed by atoms with Crippen LogP contribution in [0.25, 0.3) is 0 Å². The van der Waals surface area contributed by atoms with Crippen LogP contribution in [0.4, 0.5) is 5.69 Å². The highest BCUT2D eigenvalue weighted by molar-refractivity contribution is 5.68. The quantitative estimate of drug-likeness (QED) is 0.779. The van der Waals surface area contributed by atoms with Gasteiger partial charge in [0, 0.05) is 18.5 Å². The number of para-hydroxylation sites is 1. The van der Waals surface area contributed by atoms with E-state index in [9.17, 15) is 0 Å². The molecule has 3 heteroatoms. The number of anilines is 1. The Morgan fingerprint density at radius 3 is 3.12 bits per heavy atom. The fraction of sp³-hybridized carbons (Fsp3) is 0.538. The van der Waals surface area contributed by atoms with E-state index in [0.29, 0.717) is 12.0 Å². The maximum atomic E-state index is 5.41. The van der Waals surface area contributed by atoms with Crippen LogP contribution in [-0.2, 0) is 0 Å². The van der Waals surface area contributed by atoms with Crippen molar-refractivity contribution >= 4 is 5.69 Å². The molecule has 0 aromatic heterocycles. The van der Waals surface area contributed by atoms with Crippen LogP contribution in [0.3, 0.4) is 0 Å². The van der Waals surface area contributed by atoms with Crippen LogP contribution in [0.15, 0.2) is 18.2 Å². The molecule has 1 N–H and O–H groups in total. The summed E-state index contributed by atoms with van der Waals surface area (Å²) < 4.78 is 5.41. The SMILES string of the molecule is COc1cccc2c1NC1CCN(C)CC21. The minimum absolute atomic E-state index is 0.600. The van der Waals surface area contributed by atoms with Gasteiger partial charge in [0.1, 0.15) is 5.75 Å². The molecule has 3 nitrogen and oxygen atoms in total. The molecule has 0 saturated carbocycles. The third-order valence-electron chi connectivity index (χ3n) is 3.82. The van der Waals surface area contributed by atoms with Gasteiger partial charge in [0.2, 0.25) is 0 Å². The Labute approximate surface area is 96.4 Å².